The van der Waals surface area contributed by atoms with E-state index in [1.807, 2.05) is 19.1 Å². The molecule has 0 unspecified atom stereocenters. The van der Waals surface area contributed by atoms with Gasteiger partial charge in [-0.05, 0) is 61.0 Å². The fourth-order valence-electron chi connectivity index (χ4n) is 3.64. The Morgan fingerprint density at radius 2 is 1.38 bits per heavy atom. The van der Waals surface area contributed by atoms with Gasteiger partial charge in [0, 0.05) is 31.1 Å². The van der Waals surface area contributed by atoms with E-state index in [4.69, 9.17) is 4.74 Å². The summed E-state index contributed by atoms with van der Waals surface area (Å²) in [5.74, 6) is -0.674. The van der Waals surface area contributed by atoms with Crippen LogP contribution < -0.4 is 9.64 Å². The van der Waals surface area contributed by atoms with E-state index in [1.165, 1.54) is 9.80 Å². The van der Waals surface area contributed by atoms with Crippen molar-refractivity contribution in [2.24, 2.45) is 0 Å². The summed E-state index contributed by atoms with van der Waals surface area (Å²) in [6, 6.07) is 20.6. The number of rotatable bonds is 6. The van der Waals surface area contributed by atoms with Crippen molar-refractivity contribution >= 4 is 29.4 Å². The van der Waals surface area contributed by atoms with Crippen molar-refractivity contribution in [3.8, 4) is 5.75 Å². The molecule has 1 saturated heterocycles. The van der Waals surface area contributed by atoms with Crippen LogP contribution in [0.4, 0.5) is 5.69 Å². The maximum atomic E-state index is 12.7. The Kier molecular flexibility index (Phi) is 6.54. The second kappa shape index (κ2) is 9.70. The Labute approximate surface area is 197 Å². The lowest BCUT2D eigenvalue weighted by Crippen LogP contribution is -2.28. The molecule has 3 aromatic carbocycles. The van der Waals surface area contributed by atoms with Gasteiger partial charge in [-0.25, -0.2) is 4.79 Å². The van der Waals surface area contributed by atoms with E-state index in [2.05, 4.69) is 0 Å². The topological polar surface area (TPSA) is 84.0 Å². The number of benzene rings is 3. The third-order valence-electron chi connectivity index (χ3n) is 5.72. The van der Waals surface area contributed by atoms with Crippen LogP contribution >= 0.6 is 0 Å². The molecule has 0 saturated carbocycles. The molecule has 172 valence electrons. The first-order valence-electron chi connectivity index (χ1n) is 10.9. The number of hydrogen-bond donors (Lipinski definition) is 0. The number of amides is 3. The highest BCUT2D eigenvalue weighted by atomic mass is 16.5. The fourth-order valence-corrected chi connectivity index (χ4v) is 3.64. The summed E-state index contributed by atoms with van der Waals surface area (Å²) in [7, 11) is 1.69. The number of likely N-dealkylation sites (tertiary alicyclic amines) is 1. The summed E-state index contributed by atoms with van der Waals surface area (Å²) in [6.45, 7) is 2.16. The van der Waals surface area contributed by atoms with E-state index in [0.717, 1.165) is 11.1 Å². The van der Waals surface area contributed by atoms with Gasteiger partial charge in [-0.2, -0.15) is 0 Å². The van der Waals surface area contributed by atoms with E-state index in [0.29, 0.717) is 22.6 Å². The molecule has 0 bridgehead atoms. The van der Waals surface area contributed by atoms with Gasteiger partial charge >= 0.3 is 5.97 Å². The minimum absolute atomic E-state index is 0.137. The van der Waals surface area contributed by atoms with Gasteiger partial charge in [0.1, 0.15) is 5.75 Å². The van der Waals surface area contributed by atoms with Crippen LogP contribution in [-0.4, -0.2) is 35.6 Å². The first-order chi connectivity index (χ1) is 16.3. The van der Waals surface area contributed by atoms with E-state index < -0.39 is 5.97 Å². The molecular weight excluding hydrogens is 432 g/mol. The van der Waals surface area contributed by atoms with Crippen LogP contribution in [0.25, 0.3) is 0 Å². The number of imide groups is 1. The predicted molar refractivity (Wildman–Crippen MR) is 127 cm³/mol. The average Bonchev–Trinajstić information content (AvgIpc) is 3.16. The van der Waals surface area contributed by atoms with Gasteiger partial charge in [0.25, 0.3) is 5.91 Å². The van der Waals surface area contributed by atoms with Gasteiger partial charge < -0.3 is 9.64 Å². The van der Waals surface area contributed by atoms with Crippen molar-refractivity contribution < 1.29 is 23.9 Å². The molecule has 0 N–H and O–H groups in total. The van der Waals surface area contributed by atoms with Crippen LogP contribution in [0.15, 0.2) is 72.8 Å². The molecule has 34 heavy (non-hydrogen) atoms. The summed E-state index contributed by atoms with van der Waals surface area (Å²) in [6.07, 6.45) is 0.496. The molecule has 7 nitrogen and oxygen atoms in total. The average molecular weight is 456 g/mol. The number of carbonyl (C=O) groups is 4. The predicted octanol–water partition coefficient (Wildman–Crippen LogP) is 4.14. The zero-order valence-electron chi connectivity index (χ0n) is 19.0. The van der Waals surface area contributed by atoms with Gasteiger partial charge in [-0.3, -0.25) is 19.3 Å². The molecule has 0 radical (unpaired) electrons. The lowest BCUT2D eigenvalue weighted by Gasteiger charge is -2.18. The molecule has 0 aliphatic carbocycles. The van der Waals surface area contributed by atoms with Gasteiger partial charge in [0.2, 0.25) is 11.8 Å². The first-order valence-corrected chi connectivity index (χ1v) is 10.9. The van der Waals surface area contributed by atoms with Crippen LogP contribution in [0.1, 0.15) is 44.7 Å². The molecule has 3 aromatic rings. The first kappa shape index (κ1) is 22.9. The lowest BCUT2D eigenvalue weighted by atomic mass is 10.1. The normalized spacial score (nSPS) is 13.2. The van der Waals surface area contributed by atoms with Crippen molar-refractivity contribution in [2.75, 3.05) is 11.9 Å². The molecule has 1 heterocycles. The Hall–Kier alpha value is -4.26. The summed E-state index contributed by atoms with van der Waals surface area (Å²) < 4.78 is 5.44. The molecule has 3 amide bonds. The monoisotopic (exact) mass is 456 g/mol. The number of ether oxygens (including phenoxy) is 1. The third kappa shape index (κ3) is 5.04. The number of anilines is 1. The molecule has 0 aromatic heterocycles. The van der Waals surface area contributed by atoms with Crippen LogP contribution in [0, 0.1) is 6.92 Å². The summed E-state index contributed by atoms with van der Waals surface area (Å²) in [5, 5.41) is 0. The molecule has 0 atom stereocenters. The van der Waals surface area contributed by atoms with E-state index in [1.54, 1.807) is 67.7 Å². The minimum atomic E-state index is -0.531. The second-order valence-corrected chi connectivity index (χ2v) is 8.18. The van der Waals surface area contributed by atoms with Crippen molar-refractivity contribution in [3.63, 3.8) is 0 Å². The molecule has 1 aliphatic heterocycles. The quantitative estimate of drug-likeness (QED) is 0.316. The number of hydrogen-bond acceptors (Lipinski definition) is 5. The highest BCUT2D eigenvalue weighted by Crippen LogP contribution is 2.22. The lowest BCUT2D eigenvalue weighted by molar-refractivity contribution is -0.139. The molecule has 1 aliphatic rings. The highest BCUT2D eigenvalue weighted by Gasteiger charge is 2.28. The maximum absolute atomic E-state index is 12.7. The van der Waals surface area contributed by atoms with Crippen molar-refractivity contribution in [3.05, 3.63) is 95.1 Å². The Morgan fingerprint density at radius 3 is 1.97 bits per heavy atom. The molecule has 1 fully saturated rings. The van der Waals surface area contributed by atoms with Crippen LogP contribution in [0.2, 0.25) is 0 Å². The molecule has 7 heteroatoms. The van der Waals surface area contributed by atoms with E-state index >= 15 is 0 Å². The number of carbonyl (C=O) groups excluding carboxylic acids is 4. The highest BCUT2D eigenvalue weighted by molar-refractivity contribution is 6.05. The zero-order chi connectivity index (χ0) is 24.2. The standard InChI is InChI=1S/C27H24N2O5/c1-18-3-7-20(8-4-18)26(32)28(2)22-11-13-23(14-12-22)34-27(33)21-9-5-19(6-10-21)17-29-24(30)15-16-25(29)31/h3-14H,15-17H2,1-2H3. The van der Waals surface area contributed by atoms with Gasteiger partial charge in [0.15, 0.2) is 0 Å². The largest absolute Gasteiger partial charge is 0.423 e. The maximum Gasteiger partial charge on any atom is 0.343 e. The summed E-state index contributed by atoms with van der Waals surface area (Å²) in [4.78, 5) is 51.5. The summed E-state index contributed by atoms with van der Waals surface area (Å²) >= 11 is 0. The Bertz CT molecular complexity index is 1220. The third-order valence-corrected chi connectivity index (χ3v) is 5.72. The van der Waals surface area contributed by atoms with E-state index in [9.17, 15) is 19.2 Å². The molecular formula is C27H24N2O5. The van der Waals surface area contributed by atoms with Crippen molar-refractivity contribution in [1.29, 1.82) is 0 Å². The van der Waals surface area contributed by atoms with Crippen molar-refractivity contribution in [1.82, 2.24) is 4.90 Å². The van der Waals surface area contributed by atoms with Gasteiger partial charge in [-0.1, -0.05) is 29.8 Å². The SMILES string of the molecule is Cc1ccc(C(=O)N(C)c2ccc(OC(=O)c3ccc(CN4C(=O)CCC4=O)cc3)cc2)cc1. The van der Waals surface area contributed by atoms with Crippen LogP contribution in [-0.2, 0) is 16.1 Å². The Morgan fingerprint density at radius 1 is 0.824 bits per heavy atom. The fraction of sp³-hybridized carbons (Fsp3) is 0.185. The minimum Gasteiger partial charge on any atom is -0.423 e. The van der Waals surface area contributed by atoms with E-state index in [-0.39, 0.29) is 37.1 Å². The van der Waals surface area contributed by atoms with Crippen LogP contribution in [0.3, 0.4) is 0 Å². The number of nitrogens with zero attached hydrogens (tertiary/aromatic N) is 2. The zero-order valence-corrected chi connectivity index (χ0v) is 19.0. The van der Waals surface area contributed by atoms with Crippen LogP contribution in [0.5, 0.6) is 5.75 Å². The second-order valence-electron chi connectivity index (χ2n) is 8.18. The van der Waals surface area contributed by atoms with Crippen molar-refractivity contribution in [2.45, 2.75) is 26.3 Å². The number of esters is 1. The number of aryl methyl sites for hydroxylation is 1. The van der Waals surface area contributed by atoms with Gasteiger partial charge in [-0.15, -0.1) is 0 Å². The Balaban J connectivity index is 1.37. The molecule has 0 spiro atoms. The molecule has 4 rings (SSSR count). The smallest absolute Gasteiger partial charge is 0.343 e. The summed E-state index contributed by atoms with van der Waals surface area (Å²) in [5.41, 5.74) is 3.44. The van der Waals surface area contributed by atoms with Gasteiger partial charge in [0.05, 0.1) is 12.1 Å².